The number of nitrogens with zero attached hydrogens (tertiary/aromatic N) is 1. The molecule has 0 aromatic heterocycles. The summed E-state index contributed by atoms with van der Waals surface area (Å²) in [4.78, 5) is 3.69. The Labute approximate surface area is 115 Å². The third kappa shape index (κ3) is 3.42. The number of anilines is 1. The number of thioether (sulfide) groups is 1. The van der Waals surface area contributed by atoms with Gasteiger partial charge in [-0.3, -0.25) is 0 Å². The first-order valence-corrected chi connectivity index (χ1v) is 7.61. The van der Waals surface area contributed by atoms with E-state index in [1.807, 2.05) is 11.8 Å². The third-order valence-corrected chi connectivity index (χ3v) is 4.63. The SMILES string of the molecule is CC(C)Sc1ccc(N(C)CC2(CN)CC2)cc1. The number of hydrogen-bond donors (Lipinski definition) is 1. The standard InChI is InChI=1S/C15H24N2S/c1-12(2)18-14-6-4-13(5-7-14)17(3)11-15(10-16)8-9-15/h4-7,12H,8-11,16H2,1-3H3. The molecule has 0 saturated heterocycles. The van der Waals surface area contributed by atoms with E-state index in [-0.39, 0.29) is 0 Å². The van der Waals surface area contributed by atoms with Crippen molar-refractivity contribution >= 4 is 17.4 Å². The van der Waals surface area contributed by atoms with Crippen molar-refractivity contribution in [1.29, 1.82) is 0 Å². The van der Waals surface area contributed by atoms with Gasteiger partial charge in [0.25, 0.3) is 0 Å². The monoisotopic (exact) mass is 264 g/mol. The lowest BCUT2D eigenvalue weighted by molar-refractivity contribution is 0.523. The van der Waals surface area contributed by atoms with Crippen molar-refractivity contribution in [3.63, 3.8) is 0 Å². The molecule has 1 aromatic rings. The predicted octanol–water partition coefficient (Wildman–Crippen LogP) is 3.36. The first-order chi connectivity index (χ1) is 8.54. The average molecular weight is 264 g/mol. The minimum atomic E-state index is 0.403. The normalized spacial score (nSPS) is 16.9. The van der Waals surface area contributed by atoms with Gasteiger partial charge in [-0.05, 0) is 43.7 Å². The van der Waals surface area contributed by atoms with Crippen molar-refractivity contribution < 1.29 is 0 Å². The zero-order valence-electron chi connectivity index (χ0n) is 11.6. The molecule has 1 saturated carbocycles. The molecule has 18 heavy (non-hydrogen) atoms. The summed E-state index contributed by atoms with van der Waals surface area (Å²) in [6.07, 6.45) is 2.57. The molecule has 0 spiro atoms. The van der Waals surface area contributed by atoms with Crippen molar-refractivity contribution in [2.75, 3.05) is 25.0 Å². The Morgan fingerprint density at radius 1 is 1.28 bits per heavy atom. The van der Waals surface area contributed by atoms with Gasteiger partial charge in [0.05, 0.1) is 0 Å². The molecule has 0 aliphatic heterocycles. The van der Waals surface area contributed by atoms with Crippen LogP contribution in [0, 0.1) is 5.41 Å². The molecule has 2 rings (SSSR count). The van der Waals surface area contributed by atoms with Crippen LogP contribution in [-0.2, 0) is 0 Å². The topological polar surface area (TPSA) is 29.3 Å². The highest BCUT2D eigenvalue weighted by Crippen LogP contribution is 2.45. The van der Waals surface area contributed by atoms with Crippen molar-refractivity contribution in [2.45, 2.75) is 36.8 Å². The zero-order chi connectivity index (χ0) is 13.2. The Morgan fingerprint density at radius 2 is 1.89 bits per heavy atom. The first kappa shape index (κ1) is 13.8. The van der Waals surface area contributed by atoms with Crippen molar-refractivity contribution in [3.8, 4) is 0 Å². The molecule has 1 aliphatic rings. The second-order valence-corrected chi connectivity index (χ2v) is 7.37. The lowest BCUT2D eigenvalue weighted by atomic mass is 10.1. The van der Waals surface area contributed by atoms with E-state index >= 15 is 0 Å². The molecule has 0 atom stereocenters. The van der Waals surface area contributed by atoms with E-state index in [1.165, 1.54) is 23.4 Å². The summed E-state index contributed by atoms with van der Waals surface area (Å²) in [6.45, 7) is 6.35. The predicted molar refractivity (Wildman–Crippen MR) is 81.4 cm³/mol. The molecule has 0 heterocycles. The average Bonchev–Trinajstić information content (AvgIpc) is 3.09. The maximum atomic E-state index is 5.84. The molecule has 3 heteroatoms. The summed E-state index contributed by atoms with van der Waals surface area (Å²) in [5.74, 6) is 0. The third-order valence-electron chi connectivity index (χ3n) is 3.61. The van der Waals surface area contributed by atoms with Gasteiger partial charge in [-0.2, -0.15) is 0 Å². The fraction of sp³-hybridized carbons (Fsp3) is 0.600. The first-order valence-electron chi connectivity index (χ1n) is 6.73. The Balaban J connectivity index is 1.96. The van der Waals surface area contributed by atoms with Crippen LogP contribution in [0.2, 0.25) is 0 Å². The molecule has 0 unspecified atom stereocenters. The molecule has 1 aliphatic carbocycles. The van der Waals surface area contributed by atoms with E-state index < -0.39 is 0 Å². The fourth-order valence-electron chi connectivity index (χ4n) is 2.25. The minimum Gasteiger partial charge on any atom is -0.374 e. The zero-order valence-corrected chi connectivity index (χ0v) is 12.5. The summed E-state index contributed by atoms with van der Waals surface area (Å²) in [6, 6.07) is 8.88. The molecule has 0 bridgehead atoms. The van der Waals surface area contributed by atoms with Gasteiger partial charge in [-0.25, -0.2) is 0 Å². The minimum absolute atomic E-state index is 0.403. The lowest BCUT2D eigenvalue weighted by Crippen LogP contribution is -2.31. The largest absolute Gasteiger partial charge is 0.374 e. The van der Waals surface area contributed by atoms with Gasteiger partial charge < -0.3 is 10.6 Å². The van der Waals surface area contributed by atoms with Crippen LogP contribution in [0.5, 0.6) is 0 Å². The fourth-order valence-corrected chi connectivity index (χ4v) is 3.09. The van der Waals surface area contributed by atoms with Crippen LogP contribution >= 0.6 is 11.8 Å². The van der Waals surface area contributed by atoms with Crippen LogP contribution < -0.4 is 10.6 Å². The van der Waals surface area contributed by atoms with E-state index in [0.29, 0.717) is 10.7 Å². The number of rotatable bonds is 6. The smallest absolute Gasteiger partial charge is 0.0364 e. The van der Waals surface area contributed by atoms with Gasteiger partial charge in [0.15, 0.2) is 0 Å². The number of hydrogen-bond acceptors (Lipinski definition) is 3. The molecular weight excluding hydrogens is 240 g/mol. The summed E-state index contributed by atoms with van der Waals surface area (Å²) >= 11 is 1.91. The number of benzene rings is 1. The highest BCUT2D eigenvalue weighted by molar-refractivity contribution is 7.99. The van der Waals surface area contributed by atoms with Gasteiger partial charge >= 0.3 is 0 Å². The molecule has 0 radical (unpaired) electrons. The van der Waals surface area contributed by atoms with Crippen LogP contribution in [0.4, 0.5) is 5.69 Å². The molecule has 1 fully saturated rings. The molecule has 1 aromatic carbocycles. The molecule has 2 nitrogen and oxygen atoms in total. The number of nitrogens with two attached hydrogens (primary N) is 1. The van der Waals surface area contributed by atoms with Crippen LogP contribution in [0.1, 0.15) is 26.7 Å². The van der Waals surface area contributed by atoms with Crippen molar-refractivity contribution in [3.05, 3.63) is 24.3 Å². The van der Waals surface area contributed by atoms with Crippen LogP contribution in [-0.4, -0.2) is 25.4 Å². The van der Waals surface area contributed by atoms with E-state index in [4.69, 9.17) is 5.73 Å². The van der Waals surface area contributed by atoms with Gasteiger partial charge in [0, 0.05) is 34.8 Å². The lowest BCUT2D eigenvalue weighted by Gasteiger charge is -2.25. The molecular formula is C15H24N2S. The Hall–Kier alpha value is -0.670. The molecule has 100 valence electrons. The van der Waals surface area contributed by atoms with Crippen LogP contribution in [0.3, 0.4) is 0 Å². The van der Waals surface area contributed by atoms with Gasteiger partial charge in [-0.1, -0.05) is 13.8 Å². The Bertz CT molecular complexity index is 382. The van der Waals surface area contributed by atoms with E-state index in [1.54, 1.807) is 0 Å². The van der Waals surface area contributed by atoms with E-state index in [0.717, 1.165) is 13.1 Å². The van der Waals surface area contributed by atoms with Crippen molar-refractivity contribution in [1.82, 2.24) is 0 Å². The summed E-state index contributed by atoms with van der Waals surface area (Å²) < 4.78 is 0. The maximum absolute atomic E-state index is 5.84. The van der Waals surface area contributed by atoms with Gasteiger partial charge in [-0.15, -0.1) is 11.8 Å². The van der Waals surface area contributed by atoms with E-state index in [9.17, 15) is 0 Å². The summed E-state index contributed by atoms with van der Waals surface area (Å²) in [5.41, 5.74) is 7.54. The highest BCUT2D eigenvalue weighted by atomic mass is 32.2. The summed E-state index contributed by atoms with van der Waals surface area (Å²) in [5, 5.41) is 0.639. The summed E-state index contributed by atoms with van der Waals surface area (Å²) in [7, 11) is 2.17. The maximum Gasteiger partial charge on any atom is 0.0364 e. The quantitative estimate of drug-likeness (QED) is 0.799. The Kier molecular flexibility index (Phi) is 4.23. The second-order valence-electron chi connectivity index (χ2n) is 5.72. The van der Waals surface area contributed by atoms with Crippen LogP contribution in [0.15, 0.2) is 29.2 Å². The Morgan fingerprint density at radius 3 is 2.33 bits per heavy atom. The van der Waals surface area contributed by atoms with Gasteiger partial charge in [0.2, 0.25) is 0 Å². The highest BCUT2D eigenvalue weighted by Gasteiger charge is 2.41. The van der Waals surface area contributed by atoms with Gasteiger partial charge in [0.1, 0.15) is 0 Å². The van der Waals surface area contributed by atoms with Crippen molar-refractivity contribution in [2.24, 2.45) is 11.1 Å². The molecule has 0 amide bonds. The molecule has 2 N–H and O–H groups in total. The van der Waals surface area contributed by atoms with Crippen LogP contribution in [0.25, 0.3) is 0 Å². The second kappa shape index (κ2) is 5.54. The van der Waals surface area contributed by atoms with E-state index in [2.05, 4.69) is 50.1 Å².